The van der Waals surface area contributed by atoms with E-state index in [-0.39, 0.29) is 6.61 Å². The number of aromatic nitrogens is 2. The first kappa shape index (κ1) is 13.8. The Morgan fingerprint density at radius 2 is 2.25 bits per heavy atom. The molecule has 0 bridgehead atoms. The summed E-state index contributed by atoms with van der Waals surface area (Å²) >= 11 is 3.44. The predicted octanol–water partition coefficient (Wildman–Crippen LogP) is 3.13. The van der Waals surface area contributed by atoms with Gasteiger partial charge in [-0.15, -0.1) is 0 Å². The third kappa shape index (κ3) is 2.65. The van der Waals surface area contributed by atoms with Crippen LogP contribution in [-0.2, 0) is 0 Å². The number of nitrogens with zero attached hydrogens (tertiary/aromatic N) is 3. The molecule has 20 heavy (non-hydrogen) atoms. The number of fused-ring (bicyclic) bond motifs is 1. The van der Waals surface area contributed by atoms with Crippen LogP contribution in [0.15, 0.2) is 29.0 Å². The van der Waals surface area contributed by atoms with E-state index in [4.69, 9.17) is 0 Å². The maximum absolute atomic E-state index is 9.27. The molecule has 1 N–H and O–H groups in total. The van der Waals surface area contributed by atoms with Gasteiger partial charge in [-0.3, -0.25) is 9.97 Å². The zero-order valence-corrected chi connectivity index (χ0v) is 12.9. The van der Waals surface area contributed by atoms with Gasteiger partial charge in [-0.2, -0.15) is 0 Å². The summed E-state index contributed by atoms with van der Waals surface area (Å²) in [4.78, 5) is 11.3. The average molecular weight is 336 g/mol. The standard InChI is InChI=1S/C15H18BrN3O/c16-11-9-13-15(18-10-11)14(4-6-17-13)19-7-2-1-3-12(19)5-8-20/h4,6,9-10,12,20H,1-3,5,7-8H2. The molecule has 106 valence electrons. The number of anilines is 1. The molecular formula is C15H18BrN3O. The molecule has 1 fully saturated rings. The minimum atomic E-state index is 0.239. The number of piperidine rings is 1. The molecular weight excluding hydrogens is 318 g/mol. The largest absolute Gasteiger partial charge is 0.396 e. The smallest absolute Gasteiger partial charge is 0.112 e. The zero-order valence-electron chi connectivity index (χ0n) is 11.3. The molecule has 1 unspecified atom stereocenters. The summed E-state index contributed by atoms with van der Waals surface area (Å²) in [5.74, 6) is 0. The van der Waals surface area contributed by atoms with Crippen LogP contribution in [0, 0.1) is 0 Å². The summed E-state index contributed by atoms with van der Waals surface area (Å²) in [7, 11) is 0. The van der Waals surface area contributed by atoms with Crippen molar-refractivity contribution in [3.8, 4) is 0 Å². The zero-order chi connectivity index (χ0) is 13.9. The topological polar surface area (TPSA) is 49.2 Å². The Bertz CT molecular complexity index is 603. The highest BCUT2D eigenvalue weighted by atomic mass is 79.9. The Balaban J connectivity index is 2.03. The van der Waals surface area contributed by atoms with Gasteiger partial charge in [0.15, 0.2) is 0 Å². The molecule has 0 saturated carbocycles. The van der Waals surface area contributed by atoms with Crippen molar-refractivity contribution >= 4 is 32.7 Å². The number of hydrogen-bond donors (Lipinski definition) is 1. The maximum Gasteiger partial charge on any atom is 0.112 e. The van der Waals surface area contributed by atoms with E-state index in [1.807, 2.05) is 24.5 Å². The lowest BCUT2D eigenvalue weighted by Gasteiger charge is -2.37. The van der Waals surface area contributed by atoms with E-state index >= 15 is 0 Å². The van der Waals surface area contributed by atoms with Crippen molar-refractivity contribution in [2.24, 2.45) is 0 Å². The fourth-order valence-corrected chi connectivity index (χ4v) is 3.31. The highest BCUT2D eigenvalue weighted by Crippen LogP contribution is 2.31. The first-order chi connectivity index (χ1) is 9.79. The number of hydrogen-bond acceptors (Lipinski definition) is 4. The summed E-state index contributed by atoms with van der Waals surface area (Å²) < 4.78 is 0.945. The number of aliphatic hydroxyl groups excluding tert-OH is 1. The van der Waals surface area contributed by atoms with Gasteiger partial charge in [-0.1, -0.05) is 0 Å². The minimum absolute atomic E-state index is 0.239. The fourth-order valence-electron chi connectivity index (χ4n) is 2.99. The van der Waals surface area contributed by atoms with Gasteiger partial charge in [0.2, 0.25) is 0 Å². The third-order valence-electron chi connectivity index (χ3n) is 3.92. The highest BCUT2D eigenvalue weighted by Gasteiger charge is 2.24. The van der Waals surface area contributed by atoms with Crippen molar-refractivity contribution < 1.29 is 5.11 Å². The van der Waals surface area contributed by atoms with Gasteiger partial charge >= 0.3 is 0 Å². The van der Waals surface area contributed by atoms with Crippen LogP contribution in [-0.4, -0.2) is 34.3 Å². The molecule has 0 aromatic carbocycles. The van der Waals surface area contributed by atoms with Gasteiger partial charge in [0.1, 0.15) is 5.52 Å². The molecule has 2 aromatic rings. The van der Waals surface area contributed by atoms with Crippen LogP contribution in [0.1, 0.15) is 25.7 Å². The minimum Gasteiger partial charge on any atom is -0.396 e. The second-order valence-electron chi connectivity index (χ2n) is 5.21. The van der Waals surface area contributed by atoms with Crippen LogP contribution in [0.3, 0.4) is 0 Å². The molecule has 1 aliphatic rings. The lowest BCUT2D eigenvalue weighted by molar-refractivity contribution is 0.262. The lowest BCUT2D eigenvalue weighted by atomic mass is 9.98. The summed E-state index contributed by atoms with van der Waals surface area (Å²) in [6.45, 7) is 1.27. The Morgan fingerprint density at radius 1 is 1.35 bits per heavy atom. The van der Waals surface area contributed by atoms with Gasteiger partial charge in [-0.25, -0.2) is 0 Å². The van der Waals surface area contributed by atoms with E-state index in [1.54, 1.807) is 0 Å². The van der Waals surface area contributed by atoms with Gasteiger partial charge in [0.05, 0.1) is 11.2 Å². The molecule has 0 aliphatic carbocycles. The molecule has 4 nitrogen and oxygen atoms in total. The Kier molecular flexibility index (Phi) is 4.17. The average Bonchev–Trinajstić information content (AvgIpc) is 2.47. The number of halogens is 1. The molecule has 2 aromatic heterocycles. The van der Waals surface area contributed by atoms with E-state index in [9.17, 15) is 5.11 Å². The van der Waals surface area contributed by atoms with Gasteiger partial charge in [-0.05, 0) is 53.7 Å². The SMILES string of the molecule is OCCC1CCCCN1c1ccnc2cc(Br)cnc12. The second-order valence-corrected chi connectivity index (χ2v) is 6.12. The molecule has 5 heteroatoms. The van der Waals surface area contributed by atoms with Crippen LogP contribution in [0.25, 0.3) is 11.0 Å². The quantitative estimate of drug-likeness (QED) is 0.936. The molecule has 3 heterocycles. The second kappa shape index (κ2) is 6.06. The normalized spacial score (nSPS) is 19.5. The first-order valence-electron chi connectivity index (χ1n) is 7.07. The first-order valence-corrected chi connectivity index (χ1v) is 7.86. The van der Waals surface area contributed by atoms with Crippen molar-refractivity contribution in [3.63, 3.8) is 0 Å². The Labute approximate surface area is 127 Å². The summed E-state index contributed by atoms with van der Waals surface area (Å²) in [6.07, 6.45) is 8.06. The van der Waals surface area contributed by atoms with Crippen molar-refractivity contribution in [1.29, 1.82) is 0 Å². The summed E-state index contributed by atoms with van der Waals surface area (Å²) in [6, 6.07) is 4.44. The molecule has 0 radical (unpaired) electrons. The number of aliphatic hydroxyl groups is 1. The van der Waals surface area contributed by atoms with Crippen LogP contribution in [0.2, 0.25) is 0 Å². The van der Waals surface area contributed by atoms with Crippen LogP contribution < -0.4 is 4.90 Å². The molecule has 0 spiro atoms. The van der Waals surface area contributed by atoms with Crippen LogP contribution in [0.4, 0.5) is 5.69 Å². The van der Waals surface area contributed by atoms with Gasteiger partial charge < -0.3 is 10.0 Å². The summed E-state index contributed by atoms with van der Waals surface area (Å²) in [5.41, 5.74) is 2.99. The van der Waals surface area contributed by atoms with Gasteiger partial charge in [0, 0.05) is 36.1 Å². The third-order valence-corrected chi connectivity index (χ3v) is 4.36. The Hall–Kier alpha value is -1.20. The van der Waals surface area contributed by atoms with E-state index in [1.165, 1.54) is 12.8 Å². The fraction of sp³-hybridized carbons (Fsp3) is 0.467. The predicted molar refractivity (Wildman–Crippen MR) is 83.9 cm³/mol. The van der Waals surface area contributed by atoms with Crippen molar-refractivity contribution in [3.05, 3.63) is 29.0 Å². The van der Waals surface area contributed by atoms with Crippen LogP contribution in [0.5, 0.6) is 0 Å². The van der Waals surface area contributed by atoms with Crippen molar-refractivity contribution in [2.45, 2.75) is 31.7 Å². The van der Waals surface area contributed by atoms with Gasteiger partial charge in [0.25, 0.3) is 0 Å². The maximum atomic E-state index is 9.27. The van der Waals surface area contributed by atoms with E-state index in [2.05, 4.69) is 30.8 Å². The van der Waals surface area contributed by atoms with Crippen molar-refractivity contribution in [2.75, 3.05) is 18.1 Å². The molecule has 0 amide bonds. The monoisotopic (exact) mass is 335 g/mol. The molecule has 1 aliphatic heterocycles. The molecule has 1 saturated heterocycles. The summed E-state index contributed by atoms with van der Waals surface area (Å²) in [5, 5.41) is 9.27. The van der Waals surface area contributed by atoms with E-state index in [0.717, 1.165) is 40.6 Å². The Morgan fingerprint density at radius 3 is 3.10 bits per heavy atom. The number of pyridine rings is 2. The highest BCUT2D eigenvalue weighted by molar-refractivity contribution is 9.10. The molecule has 3 rings (SSSR count). The van der Waals surface area contributed by atoms with E-state index in [0.29, 0.717) is 6.04 Å². The van der Waals surface area contributed by atoms with Crippen LogP contribution >= 0.6 is 15.9 Å². The van der Waals surface area contributed by atoms with E-state index < -0.39 is 0 Å². The molecule has 1 atom stereocenters. The van der Waals surface area contributed by atoms with Crippen molar-refractivity contribution in [1.82, 2.24) is 9.97 Å². The lowest BCUT2D eigenvalue weighted by Crippen LogP contribution is -2.40. The number of rotatable bonds is 3.